The topological polar surface area (TPSA) is 47.6 Å². The molecule has 2 atom stereocenters. The lowest BCUT2D eigenvalue weighted by molar-refractivity contribution is -0.143. The van der Waals surface area contributed by atoms with Crippen LogP contribution in [-0.2, 0) is 14.3 Å². The van der Waals surface area contributed by atoms with Gasteiger partial charge in [0, 0.05) is 12.5 Å². The number of ether oxygens (including phenoxy) is 2. The molecule has 2 unspecified atom stereocenters. The third-order valence-electron chi connectivity index (χ3n) is 2.99. The molecular formula is C13H25NO3. The van der Waals surface area contributed by atoms with Gasteiger partial charge in [-0.2, -0.15) is 0 Å². The van der Waals surface area contributed by atoms with Gasteiger partial charge in [-0.15, -0.1) is 0 Å². The second-order valence-electron chi connectivity index (χ2n) is 4.79. The van der Waals surface area contributed by atoms with E-state index in [4.69, 9.17) is 9.47 Å². The Hall–Kier alpha value is -0.610. The van der Waals surface area contributed by atoms with Crippen molar-refractivity contribution in [1.29, 1.82) is 0 Å². The van der Waals surface area contributed by atoms with E-state index < -0.39 is 0 Å². The van der Waals surface area contributed by atoms with Crippen molar-refractivity contribution in [2.75, 3.05) is 13.2 Å². The minimum atomic E-state index is -0.0944. The summed E-state index contributed by atoms with van der Waals surface area (Å²) in [5, 5.41) is 3.49. The fourth-order valence-corrected chi connectivity index (χ4v) is 2.34. The maximum atomic E-state index is 11.1. The monoisotopic (exact) mass is 243 g/mol. The first kappa shape index (κ1) is 14.5. The summed E-state index contributed by atoms with van der Waals surface area (Å²) >= 11 is 0. The highest BCUT2D eigenvalue weighted by Crippen LogP contribution is 2.18. The van der Waals surface area contributed by atoms with Crippen molar-refractivity contribution < 1.29 is 14.3 Å². The molecule has 100 valence electrons. The molecule has 1 saturated heterocycles. The van der Waals surface area contributed by atoms with Gasteiger partial charge in [0.1, 0.15) is 0 Å². The van der Waals surface area contributed by atoms with Crippen molar-refractivity contribution in [1.82, 2.24) is 5.32 Å². The third-order valence-corrected chi connectivity index (χ3v) is 2.99. The van der Waals surface area contributed by atoms with Gasteiger partial charge in [-0.3, -0.25) is 4.79 Å². The van der Waals surface area contributed by atoms with E-state index in [1.165, 1.54) is 0 Å². The zero-order chi connectivity index (χ0) is 12.7. The molecule has 1 fully saturated rings. The van der Waals surface area contributed by atoms with Crippen molar-refractivity contribution in [3.63, 3.8) is 0 Å². The summed E-state index contributed by atoms with van der Waals surface area (Å²) in [6, 6.07) is 0.524. The van der Waals surface area contributed by atoms with E-state index in [2.05, 4.69) is 19.2 Å². The molecule has 0 bridgehead atoms. The van der Waals surface area contributed by atoms with Gasteiger partial charge in [-0.1, -0.05) is 0 Å². The maximum Gasteiger partial charge on any atom is 0.305 e. The number of nitrogens with one attached hydrogen (secondary N) is 1. The highest BCUT2D eigenvalue weighted by molar-refractivity contribution is 5.69. The van der Waals surface area contributed by atoms with Crippen LogP contribution in [0, 0.1) is 0 Å². The molecule has 0 aromatic rings. The lowest BCUT2D eigenvalue weighted by Gasteiger charge is -2.32. The molecule has 1 N–H and O–H groups in total. The molecule has 4 heteroatoms. The molecule has 17 heavy (non-hydrogen) atoms. The minimum absolute atomic E-state index is 0.0944. The Morgan fingerprint density at radius 2 is 2.00 bits per heavy atom. The van der Waals surface area contributed by atoms with Crippen LogP contribution in [0.2, 0.25) is 0 Å². The summed E-state index contributed by atoms with van der Waals surface area (Å²) in [7, 11) is 0. The Morgan fingerprint density at radius 3 is 2.59 bits per heavy atom. The van der Waals surface area contributed by atoms with E-state index in [9.17, 15) is 4.79 Å². The van der Waals surface area contributed by atoms with Gasteiger partial charge in [0.05, 0.1) is 18.8 Å². The smallest absolute Gasteiger partial charge is 0.305 e. The molecule has 0 aliphatic carbocycles. The van der Waals surface area contributed by atoms with E-state index in [0.29, 0.717) is 31.3 Å². The number of esters is 1. The maximum absolute atomic E-state index is 11.1. The largest absolute Gasteiger partial charge is 0.466 e. The molecule has 0 radical (unpaired) electrons. The predicted molar refractivity (Wildman–Crippen MR) is 66.9 cm³/mol. The average Bonchev–Trinajstić information content (AvgIpc) is 2.23. The number of carbonyl (C=O) groups excluding carboxylic acids is 1. The zero-order valence-electron chi connectivity index (χ0n) is 11.2. The third kappa shape index (κ3) is 6.03. The second-order valence-corrected chi connectivity index (χ2v) is 4.79. The van der Waals surface area contributed by atoms with E-state index in [1.54, 1.807) is 0 Å². The predicted octanol–water partition coefficient (Wildman–Crippen LogP) is 1.88. The van der Waals surface area contributed by atoms with Crippen LogP contribution in [0.25, 0.3) is 0 Å². The molecule has 1 rings (SSSR count). The van der Waals surface area contributed by atoms with Gasteiger partial charge in [0.15, 0.2) is 0 Å². The number of hydrogen-bond donors (Lipinski definition) is 1. The Balaban J connectivity index is 2.08. The average molecular weight is 243 g/mol. The fourth-order valence-electron chi connectivity index (χ4n) is 2.34. The Bertz CT molecular complexity index is 223. The van der Waals surface area contributed by atoms with Crippen LogP contribution in [0.15, 0.2) is 0 Å². The lowest BCUT2D eigenvalue weighted by Crippen LogP contribution is -2.41. The van der Waals surface area contributed by atoms with E-state index >= 15 is 0 Å². The molecule has 0 saturated carbocycles. The van der Waals surface area contributed by atoms with Crippen LogP contribution in [0.1, 0.15) is 46.5 Å². The fraction of sp³-hybridized carbons (Fsp3) is 0.923. The normalized spacial score (nSPS) is 29.0. The van der Waals surface area contributed by atoms with Gasteiger partial charge >= 0.3 is 5.97 Å². The molecule has 0 spiro atoms. The molecule has 1 heterocycles. The van der Waals surface area contributed by atoms with Crippen molar-refractivity contribution in [3.05, 3.63) is 0 Å². The van der Waals surface area contributed by atoms with E-state index in [-0.39, 0.29) is 5.97 Å². The van der Waals surface area contributed by atoms with Crippen LogP contribution in [0.3, 0.4) is 0 Å². The Kier molecular flexibility index (Phi) is 6.52. The van der Waals surface area contributed by atoms with Crippen LogP contribution in [0.4, 0.5) is 0 Å². The highest BCUT2D eigenvalue weighted by atomic mass is 16.5. The summed E-state index contributed by atoms with van der Waals surface area (Å²) in [5.74, 6) is -0.0944. The summed E-state index contributed by atoms with van der Waals surface area (Å²) in [6.45, 7) is 7.41. The molecule has 0 amide bonds. The van der Waals surface area contributed by atoms with Crippen LogP contribution >= 0.6 is 0 Å². The van der Waals surface area contributed by atoms with Crippen molar-refractivity contribution >= 4 is 5.97 Å². The molecule has 4 nitrogen and oxygen atoms in total. The van der Waals surface area contributed by atoms with Crippen LogP contribution in [-0.4, -0.2) is 37.4 Å². The van der Waals surface area contributed by atoms with Gasteiger partial charge < -0.3 is 14.8 Å². The van der Waals surface area contributed by atoms with Crippen molar-refractivity contribution in [2.45, 2.75) is 64.7 Å². The first-order valence-electron chi connectivity index (χ1n) is 6.66. The summed E-state index contributed by atoms with van der Waals surface area (Å²) in [5.41, 5.74) is 0. The van der Waals surface area contributed by atoms with Crippen LogP contribution in [0.5, 0.6) is 0 Å². The van der Waals surface area contributed by atoms with Crippen molar-refractivity contribution in [3.8, 4) is 0 Å². The van der Waals surface area contributed by atoms with Crippen molar-refractivity contribution in [2.24, 2.45) is 0 Å². The molecule has 1 aliphatic heterocycles. The second kappa shape index (κ2) is 7.67. The summed E-state index contributed by atoms with van der Waals surface area (Å²) < 4.78 is 10.6. The Morgan fingerprint density at radius 1 is 1.35 bits per heavy atom. The minimum Gasteiger partial charge on any atom is -0.466 e. The summed E-state index contributed by atoms with van der Waals surface area (Å²) in [6.07, 6.45) is 4.14. The van der Waals surface area contributed by atoms with E-state index in [1.807, 2.05) is 6.92 Å². The quantitative estimate of drug-likeness (QED) is 0.571. The number of rotatable bonds is 6. The van der Waals surface area contributed by atoms with Gasteiger partial charge in [0.2, 0.25) is 0 Å². The van der Waals surface area contributed by atoms with E-state index in [0.717, 1.165) is 25.8 Å². The summed E-state index contributed by atoms with van der Waals surface area (Å²) in [4.78, 5) is 11.1. The number of hydrogen-bond acceptors (Lipinski definition) is 4. The van der Waals surface area contributed by atoms with Gasteiger partial charge in [-0.05, 0) is 46.6 Å². The molecule has 0 aromatic heterocycles. The molecular weight excluding hydrogens is 218 g/mol. The SMILES string of the molecule is CCOC(=O)CCCNC1CC(C)OC(C)C1. The van der Waals surface area contributed by atoms with Gasteiger partial charge in [0.25, 0.3) is 0 Å². The number of carbonyl (C=O) groups is 1. The van der Waals surface area contributed by atoms with Gasteiger partial charge in [-0.25, -0.2) is 0 Å². The first-order valence-corrected chi connectivity index (χ1v) is 6.66. The standard InChI is InChI=1S/C13H25NO3/c1-4-16-13(15)6-5-7-14-12-8-10(2)17-11(3)9-12/h10-12,14H,4-9H2,1-3H3. The highest BCUT2D eigenvalue weighted by Gasteiger charge is 2.23. The molecule has 0 aromatic carbocycles. The first-order chi connectivity index (χ1) is 8.11. The molecule has 1 aliphatic rings. The lowest BCUT2D eigenvalue weighted by atomic mass is 10.00. The zero-order valence-corrected chi connectivity index (χ0v) is 11.2. The Labute approximate surface area is 104 Å². The van der Waals surface area contributed by atoms with Crippen LogP contribution < -0.4 is 5.32 Å².